The first kappa shape index (κ1) is 11.1. The summed E-state index contributed by atoms with van der Waals surface area (Å²) in [6.07, 6.45) is 4.08. The maximum absolute atomic E-state index is 5.96. The highest BCUT2D eigenvalue weighted by Crippen LogP contribution is 2.34. The molecule has 3 rings (SSSR count). The molecule has 0 spiro atoms. The highest BCUT2D eigenvalue weighted by molar-refractivity contribution is 5.64. The molecular weight excluding hydrogens is 224 g/mol. The van der Waals surface area contributed by atoms with Crippen molar-refractivity contribution >= 4 is 5.69 Å². The van der Waals surface area contributed by atoms with E-state index < -0.39 is 0 Å². The predicted octanol–water partition coefficient (Wildman–Crippen LogP) is 3.54. The fourth-order valence-corrected chi connectivity index (χ4v) is 2.27. The molecule has 0 amide bonds. The van der Waals surface area contributed by atoms with Crippen molar-refractivity contribution in [2.45, 2.75) is 19.8 Å². The topological polar surface area (TPSA) is 34.1 Å². The minimum Gasteiger partial charge on any atom is -0.455 e. The molecule has 3 nitrogen and oxygen atoms in total. The summed E-state index contributed by atoms with van der Waals surface area (Å²) in [5, 5.41) is 3.43. The van der Waals surface area contributed by atoms with Gasteiger partial charge in [-0.2, -0.15) is 0 Å². The normalized spacial score (nSPS) is 13.6. The fraction of sp³-hybridized carbons (Fsp3) is 0.267. The molecule has 3 heteroatoms. The van der Waals surface area contributed by atoms with Gasteiger partial charge in [0, 0.05) is 24.5 Å². The third kappa shape index (κ3) is 2.16. The van der Waals surface area contributed by atoms with Gasteiger partial charge in [-0.3, -0.25) is 4.98 Å². The summed E-state index contributed by atoms with van der Waals surface area (Å²) in [5.74, 6) is 1.74. The lowest BCUT2D eigenvalue weighted by Gasteiger charge is -2.21. The maximum atomic E-state index is 5.96. The van der Waals surface area contributed by atoms with Gasteiger partial charge in [-0.1, -0.05) is 12.1 Å². The Morgan fingerprint density at radius 1 is 1.28 bits per heavy atom. The quantitative estimate of drug-likeness (QED) is 0.871. The molecule has 0 unspecified atom stereocenters. The number of pyridine rings is 1. The Morgan fingerprint density at radius 2 is 2.22 bits per heavy atom. The van der Waals surface area contributed by atoms with Crippen LogP contribution in [-0.4, -0.2) is 11.5 Å². The summed E-state index contributed by atoms with van der Waals surface area (Å²) in [4.78, 5) is 4.17. The summed E-state index contributed by atoms with van der Waals surface area (Å²) < 4.78 is 5.96. The van der Waals surface area contributed by atoms with E-state index in [0.29, 0.717) is 0 Å². The van der Waals surface area contributed by atoms with Crippen molar-refractivity contribution in [1.29, 1.82) is 0 Å². The molecule has 0 fully saturated rings. The molecule has 1 aromatic carbocycles. The SMILES string of the molecule is Cc1cc(Oc2cccc3c2NCCC3)ccn1. The minimum atomic E-state index is 0.836. The Kier molecular flexibility index (Phi) is 2.89. The Balaban J connectivity index is 1.93. The predicted molar refractivity (Wildman–Crippen MR) is 72.3 cm³/mol. The number of anilines is 1. The maximum Gasteiger partial charge on any atom is 0.150 e. The number of nitrogens with one attached hydrogen (secondary N) is 1. The number of aromatic nitrogens is 1. The number of para-hydroxylation sites is 1. The molecule has 2 heterocycles. The Hall–Kier alpha value is -2.03. The van der Waals surface area contributed by atoms with Crippen LogP contribution in [0.15, 0.2) is 36.5 Å². The largest absolute Gasteiger partial charge is 0.455 e. The third-order valence-corrected chi connectivity index (χ3v) is 3.13. The molecule has 92 valence electrons. The Morgan fingerprint density at radius 3 is 3.11 bits per heavy atom. The van der Waals surface area contributed by atoms with Crippen LogP contribution in [-0.2, 0) is 6.42 Å². The van der Waals surface area contributed by atoms with Crippen LogP contribution in [0.1, 0.15) is 17.7 Å². The molecule has 1 N–H and O–H groups in total. The summed E-state index contributed by atoms with van der Waals surface area (Å²) in [5.41, 5.74) is 3.44. The van der Waals surface area contributed by atoms with E-state index in [1.165, 1.54) is 12.0 Å². The van der Waals surface area contributed by atoms with E-state index in [1.807, 2.05) is 25.1 Å². The molecule has 0 saturated heterocycles. The number of nitrogens with zero attached hydrogens (tertiary/aromatic N) is 1. The van der Waals surface area contributed by atoms with E-state index in [0.717, 1.165) is 35.8 Å². The first-order valence-corrected chi connectivity index (χ1v) is 6.29. The zero-order chi connectivity index (χ0) is 12.4. The van der Waals surface area contributed by atoms with E-state index in [1.54, 1.807) is 6.20 Å². The van der Waals surface area contributed by atoms with Gasteiger partial charge in [-0.25, -0.2) is 0 Å². The molecular formula is C15H16N2O. The molecule has 2 aromatic rings. The Bertz CT molecular complexity index is 566. The van der Waals surface area contributed by atoms with E-state index in [9.17, 15) is 0 Å². The van der Waals surface area contributed by atoms with Crippen LogP contribution in [0.3, 0.4) is 0 Å². The lowest BCUT2D eigenvalue weighted by atomic mass is 10.0. The van der Waals surface area contributed by atoms with Gasteiger partial charge in [0.05, 0.1) is 5.69 Å². The first-order valence-electron chi connectivity index (χ1n) is 6.29. The average Bonchev–Trinajstić information content (AvgIpc) is 2.39. The first-order chi connectivity index (χ1) is 8.83. The van der Waals surface area contributed by atoms with E-state index >= 15 is 0 Å². The van der Waals surface area contributed by atoms with Gasteiger partial charge in [0.15, 0.2) is 5.75 Å². The second-order valence-corrected chi connectivity index (χ2v) is 4.56. The molecule has 1 aliphatic rings. The Labute approximate surface area is 107 Å². The van der Waals surface area contributed by atoms with E-state index in [4.69, 9.17) is 4.74 Å². The molecule has 0 aliphatic carbocycles. The molecule has 0 atom stereocenters. The summed E-state index contributed by atoms with van der Waals surface area (Å²) in [7, 11) is 0. The number of ether oxygens (including phenoxy) is 1. The molecule has 0 saturated carbocycles. The second-order valence-electron chi connectivity index (χ2n) is 4.56. The van der Waals surface area contributed by atoms with Gasteiger partial charge in [0.2, 0.25) is 0 Å². The van der Waals surface area contributed by atoms with Gasteiger partial charge in [0.25, 0.3) is 0 Å². The number of benzene rings is 1. The lowest BCUT2D eigenvalue weighted by Crippen LogP contribution is -2.12. The minimum absolute atomic E-state index is 0.836. The van der Waals surface area contributed by atoms with Crippen molar-refractivity contribution in [3.63, 3.8) is 0 Å². The van der Waals surface area contributed by atoms with Crippen molar-refractivity contribution in [2.24, 2.45) is 0 Å². The number of hydrogen-bond donors (Lipinski definition) is 1. The van der Waals surface area contributed by atoms with Crippen molar-refractivity contribution in [2.75, 3.05) is 11.9 Å². The van der Waals surface area contributed by atoms with Crippen LogP contribution in [0.25, 0.3) is 0 Å². The van der Waals surface area contributed by atoms with Crippen molar-refractivity contribution in [1.82, 2.24) is 4.98 Å². The van der Waals surface area contributed by atoms with Crippen LogP contribution in [0, 0.1) is 6.92 Å². The average molecular weight is 240 g/mol. The fourth-order valence-electron chi connectivity index (χ4n) is 2.27. The monoisotopic (exact) mass is 240 g/mol. The van der Waals surface area contributed by atoms with Gasteiger partial charge in [0.1, 0.15) is 5.75 Å². The smallest absolute Gasteiger partial charge is 0.150 e. The van der Waals surface area contributed by atoms with E-state index in [-0.39, 0.29) is 0 Å². The van der Waals surface area contributed by atoms with Crippen LogP contribution >= 0.6 is 0 Å². The van der Waals surface area contributed by atoms with Gasteiger partial charge in [-0.15, -0.1) is 0 Å². The van der Waals surface area contributed by atoms with Crippen LogP contribution in [0.4, 0.5) is 5.69 Å². The second kappa shape index (κ2) is 4.69. The van der Waals surface area contributed by atoms with Gasteiger partial charge in [-0.05, 0) is 37.5 Å². The summed E-state index contributed by atoms with van der Waals surface area (Å²) in [6.45, 7) is 2.98. The van der Waals surface area contributed by atoms with Gasteiger partial charge >= 0.3 is 0 Å². The molecule has 18 heavy (non-hydrogen) atoms. The number of rotatable bonds is 2. The standard InChI is InChI=1S/C15H16N2O/c1-11-10-13(7-9-16-11)18-14-6-2-4-12-5-3-8-17-15(12)14/h2,4,6-7,9-10,17H,3,5,8H2,1H3. The van der Waals surface area contributed by atoms with Crippen LogP contribution in [0.2, 0.25) is 0 Å². The number of aryl methyl sites for hydroxylation is 2. The molecule has 0 bridgehead atoms. The molecule has 1 aliphatic heterocycles. The summed E-state index contributed by atoms with van der Waals surface area (Å²) in [6, 6.07) is 10.0. The number of fused-ring (bicyclic) bond motifs is 1. The zero-order valence-corrected chi connectivity index (χ0v) is 10.4. The van der Waals surface area contributed by atoms with Gasteiger partial charge < -0.3 is 10.1 Å². The van der Waals surface area contributed by atoms with Crippen LogP contribution < -0.4 is 10.1 Å². The van der Waals surface area contributed by atoms with Crippen molar-refractivity contribution in [3.05, 3.63) is 47.8 Å². The number of hydrogen-bond acceptors (Lipinski definition) is 3. The molecule has 0 radical (unpaired) electrons. The highest BCUT2D eigenvalue weighted by Gasteiger charge is 2.13. The third-order valence-electron chi connectivity index (χ3n) is 3.13. The van der Waals surface area contributed by atoms with Crippen LogP contribution in [0.5, 0.6) is 11.5 Å². The molecule has 1 aromatic heterocycles. The highest BCUT2D eigenvalue weighted by atomic mass is 16.5. The summed E-state index contributed by atoms with van der Waals surface area (Å²) >= 11 is 0. The lowest BCUT2D eigenvalue weighted by molar-refractivity contribution is 0.481. The van der Waals surface area contributed by atoms with E-state index in [2.05, 4.69) is 22.4 Å². The zero-order valence-electron chi connectivity index (χ0n) is 10.4. The van der Waals surface area contributed by atoms with Crippen molar-refractivity contribution < 1.29 is 4.74 Å². The van der Waals surface area contributed by atoms with Crippen molar-refractivity contribution in [3.8, 4) is 11.5 Å².